The number of rotatable bonds is 0. The number of nitrogens with one attached hydrogen (secondary N) is 2. The third-order valence-electron chi connectivity index (χ3n) is 2.00. The fourth-order valence-electron chi connectivity index (χ4n) is 1.21. The van der Waals surface area contributed by atoms with Gasteiger partial charge in [-0.2, -0.15) is 20.6 Å². The van der Waals surface area contributed by atoms with Crippen molar-refractivity contribution in [2.24, 2.45) is 0 Å². The Morgan fingerprint density at radius 3 is 1.61 bits per heavy atom. The maximum atomic E-state index is 3.83. The molecule has 0 unspecified atom stereocenters. The zero-order valence-corrected chi connectivity index (χ0v) is 8.89. The van der Waals surface area contributed by atoms with E-state index in [0.29, 0.717) is 22.3 Å². The average molecular weight is 242 g/mol. The van der Waals surface area contributed by atoms with Gasteiger partial charge in [0, 0.05) is 0 Å². The van der Waals surface area contributed by atoms with Crippen LogP contribution in [0.15, 0.2) is 25.0 Å². The molecule has 0 aliphatic heterocycles. The molecule has 0 saturated carbocycles. The molecule has 0 fully saturated rings. The van der Waals surface area contributed by atoms with E-state index in [4.69, 9.17) is 0 Å². The Labute approximate surface area is 98.9 Å². The maximum absolute atomic E-state index is 3.83. The number of aromatic amines is 2. The van der Waals surface area contributed by atoms with E-state index in [1.807, 2.05) is 0 Å². The molecule has 88 valence electrons. The molecule has 0 amide bonds. The van der Waals surface area contributed by atoms with Crippen LogP contribution in [0.4, 0.5) is 0 Å². The summed E-state index contributed by atoms with van der Waals surface area (Å²) in [5.74, 6) is 0. The first-order valence-corrected chi connectivity index (χ1v) is 4.86. The maximum Gasteiger partial charge on any atom is 0.204 e. The smallest absolute Gasteiger partial charge is 0.204 e. The van der Waals surface area contributed by atoms with Crippen LogP contribution in [0.5, 0.6) is 0 Å². The lowest BCUT2D eigenvalue weighted by Gasteiger charge is -1.77. The topological polar surface area (TPSA) is 135 Å². The first kappa shape index (κ1) is 10.1. The number of H-pyrrole nitrogens is 2. The largest absolute Gasteiger partial charge is 0.242 e. The zero-order chi connectivity index (χ0) is 12.2. The van der Waals surface area contributed by atoms with Crippen LogP contribution in [0.3, 0.4) is 0 Å². The molecule has 10 nitrogen and oxygen atoms in total. The van der Waals surface area contributed by atoms with Crippen molar-refractivity contribution >= 4 is 22.3 Å². The highest BCUT2D eigenvalue weighted by Gasteiger charge is 1.94. The molecular weight excluding hydrogens is 236 g/mol. The Kier molecular flexibility index (Phi) is 2.50. The summed E-state index contributed by atoms with van der Waals surface area (Å²) >= 11 is 0. The van der Waals surface area contributed by atoms with Gasteiger partial charge in [0.2, 0.25) is 11.3 Å². The predicted molar refractivity (Wildman–Crippen MR) is 59.0 cm³/mol. The molecule has 0 radical (unpaired) electrons. The van der Waals surface area contributed by atoms with Crippen LogP contribution in [0.1, 0.15) is 0 Å². The van der Waals surface area contributed by atoms with E-state index in [0.717, 1.165) is 0 Å². The first-order valence-electron chi connectivity index (χ1n) is 4.86. The van der Waals surface area contributed by atoms with Gasteiger partial charge < -0.3 is 0 Å². The molecule has 4 aromatic rings. The van der Waals surface area contributed by atoms with E-state index in [9.17, 15) is 0 Å². The molecule has 0 aliphatic carbocycles. The van der Waals surface area contributed by atoms with Crippen LogP contribution in [-0.4, -0.2) is 50.8 Å². The Morgan fingerprint density at radius 1 is 0.667 bits per heavy atom. The molecule has 4 rings (SSSR count). The Morgan fingerprint density at radius 2 is 1.17 bits per heavy atom. The monoisotopic (exact) mass is 242 g/mol. The summed E-state index contributed by atoms with van der Waals surface area (Å²) in [4.78, 5) is 15.2. The van der Waals surface area contributed by atoms with Crippen molar-refractivity contribution in [3.8, 4) is 0 Å². The van der Waals surface area contributed by atoms with Crippen LogP contribution < -0.4 is 0 Å². The molecule has 0 aromatic carbocycles. The van der Waals surface area contributed by atoms with Crippen LogP contribution in [0.25, 0.3) is 22.3 Å². The molecule has 18 heavy (non-hydrogen) atoms. The second kappa shape index (κ2) is 4.45. The predicted octanol–water partition coefficient (Wildman–Crippen LogP) is -0.504. The van der Waals surface area contributed by atoms with E-state index in [-0.39, 0.29) is 0 Å². The van der Waals surface area contributed by atoms with Crippen LogP contribution >= 0.6 is 0 Å². The highest BCUT2D eigenvalue weighted by atomic mass is 15.3. The molecule has 0 spiro atoms. The molecule has 4 heterocycles. The van der Waals surface area contributed by atoms with Gasteiger partial charge in [0.1, 0.15) is 23.7 Å². The van der Waals surface area contributed by atoms with E-state index >= 15 is 0 Å². The molecule has 10 heteroatoms. The van der Waals surface area contributed by atoms with E-state index in [1.54, 1.807) is 12.4 Å². The summed E-state index contributed by atoms with van der Waals surface area (Å²) in [6.45, 7) is 0. The average Bonchev–Trinajstić information content (AvgIpc) is 3.08. The summed E-state index contributed by atoms with van der Waals surface area (Å²) in [5, 5.41) is 19.8. The lowest BCUT2D eigenvalue weighted by Crippen LogP contribution is -1.76. The second-order valence-corrected chi connectivity index (χ2v) is 3.11. The highest BCUT2D eigenvalue weighted by Crippen LogP contribution is 1.97. The quantitative estimate of drug-likeness (QED) is 0.421. The third kappa shape index (κ3) is 1.93. The fraction of sp³-hybridized carbons (Fsp3) is 0. The molecule has 4 aromatic heterocycles. The number of hydrogen-bond acceptors (Lipinski definition) is 8. The lowest BCUT2D eigenvalue weighted by atomic mass is 10.6. The van der Waals surface area contributed by atoms with Crippen LogP contribution in [0, 0.1) is 0 Å². The van der Waals surface area contributed by atoms with Gasteiger partial charge in [-0.1, -0.05) is 0 Å². The number of fused-ring (bicyclic) bond motifs is 2. The van der Waals surface area contributed by atoms with Gasteiger partial charge in [-0.25, -0.2) is 19.9 Å². The van der Waals surface area contributed by atoms with E-state index in [1.165, 1.54) is 12.7 Å². The minimum atomic E-state index is 0.602. The third-order valence-corrected chi connectivity index (χ3v) is 2.00. The number of aromatic nitrogens is 10. The lowest BCUT2D eigenvalue weighted by molar-refractivity contribution is 0.954. The Balaban J connectivity index is 0.000000111. The SMILES string of the molecule is c1ncc2n[nH]nc2n1.c1ncc2n[nH]nc2n1. The number of nitrogens with zero attached hydrogens (tertiary/aromatic N) is 8. The van der Waals surface area contributed by atoms with Crippen LogP contribution in [-0.2, 0) is 0 Å². The molecule has 0 saturated heterocycles. The van der Waals surface area contributed by atoms with Gasteiger partial charge >= 0.3 is 0 Å². The van der Waals surface area contributed by atoms with E-state index in [2.05, 4.69) is 50.8 Å². The highest BCUT2D eigenvalue weighted by molar-refractivity contribution is 5.66. The van der Waals surface area contributed by atoms with Crippen LogP contribution in [0.2, 0.25) is 0 Å². The fourth-order valence-corrected chi connectivity index (χ4v) is 1.21. The minimum absolute atomic E-state index is 0.602. The van der Waals surface area contributed by atoms with Crippen molar-refractivity contribution in [3.63, 3.8) is 0 Å². The molecule has 0 atom stereocenters. The van der Waals surface area contributed by atoms with Crippen molar-refractivity contribution < 1.29 is 0 Å². The summed E-state index contributed by atoms with van der Waals surface area (Å²) in [7, 11) is 0. The normalized spacial score (nSPS) is 10.2. The first-order chi connectivity index (χ1) is 8.93. The van der Waals surface area contributed by atoms with Gasteiger partial charge in [0.25, 0.3) is 0 Å². The van der Waals surface area contributed by atoms with Gasteiger partial charge in [0.15, 0.2) is 0 Å². The summed E-state index contributed by atoms with van der Waals surface area (Å²) in [5.41, 5.74) is 2.59. The van der Waals surface area contributed by atoms with E-state index < -0.39 is 0 Å². The zero-order valence-electron chi connectivity index (χ0n) is 8.89. The second-order valence-electron chi connectivity index (χ2n) is 3.11. The molecule has 2 N–H and O–H groups in total. The van der Waals surface area contributed by atoms with Gasteiger partial charge in [-0.15, -0.1) is 10.2 Å². The van der Waals surface area contributed by atoms with Crippen molar-refractivity contribution in [2.45, 2.75) is 0 Å². The van der Waals surface area contributed by atoms with Gasteiger partial charge in [-0.3, -0.25) is 0 Å². The van der Waals surface area contributed by atoms with Crippen molar-refractivity contribution in [1.82, 2.24) is 50.8 Å². The summed E-state index contributed by atoms with van der Waals surface area (Å²) in [6, 6.07) is 0. The van der Waals surface area contributed by atoms with Crippen molar-refractivity contribution in [2.75, 3.05) is 0 Å². The number of hydrogen-bond donors (Lipinski definition) is 2. The Bertz CT molecular complexity index is 632. The summed E-state index contributed by atoms with van der Waals surface area (Å²) < 4.78 is 0. The van der Waals surface area contributed by atoms with Crippen molar-refractivity contribution in [3.05, 3.63) is 25.0 Å². The Hall–Kier alpha value is -3.04. The molecule has 0 aliphatic rings. The molecule has 0 bridgehead atoms. The van der Waals surface area contributed by atoms with Gasteiger partial charge in [-0.05, 0) is 0 Å². The van der Waals surface area contributed by atoms with Gasteiger partial charge in [0.05, 0.1) is 12.4 Å². The standard InChI is InChI=1S/2C4H3N5/c2*1-3-4(6-2-5-1)8-9-7-3/h2*1-2H,(H,5,6,7,8,9). The summed E-state index contributed by atoms with van der Waals surface area (Å²) in [6.07, 6.45) is 6.08. The van der Waals surface area contributed by atoms with Crippen molar-refractivity contribution in [1.29, 1.82) is 0 Å². The molecular formula is C8H6N10. The minimum Gasteiger partial charge on any atom is -0.242 e.